The highest BCUT2D eigenvalue weighted by Gasteiger charge is 2.07. The van der Waals surface area contributed by atoms with Crippen molar-refractivity contribution in [1.29, 1.82) is 0 Å². The third-order valence-electron chi connectivity index (χ3n) is 2.39. The summed E-state index contributed by atoms with van der Waals surface area (Å²) < 4.78 is 3.98. The third kappa shape index (κ3) is 3.72. The van der Waals surface area contributed by atoms with Gasteiger partial charge in [0, 0.05) is 15.7 Å². The Morgan fingerprint density at radius 3 is 2.82 bits per heavy atom. The van der Waals surface area contributed by atoms with Gasteiger partial charge < -0.3 is 12.4 Å². The van der Waals surface area contributed by atoms with Crippen molar-refractivity contribution in [3.63, 3.8) is 0 Å². The number of hydrogen-bond donors (Lipinski definition) is 0. The Kier molecular flexibility index (Phi) is 5.45. The second kappa shape index (κ2) is 6.62. The molecule has 1 aromatic carbocycles. The summed E-state index contributed by atoms with van der Waals surface area (Å²) in [4.78, 5) is 0. The van der Waals surface area contributed by atoms with E-state index in [1.54, 1.807) is 0 Å². The Labute approximate surface area is 112 Å². The molecule has 0 fully saturated rings. The van der Waals surface area contributed by atoms with Gasteiger partial charge in [-0.2, -0.15) is 0 Å². The molecule has 0 unspecified atom stereocenters. The van der Waals surface area contributed by atoms with Crippen LogP contribution in [-0.2, 0) is 13.1 Å². The van der Waals surface area contributed by atoms with Gasteiger partial charge in [-0.3, -0.25) is 0 Å². The number of halogens is 2. The Morgan fingerprint density at radius 1 is 1.35 bits per heavy atom. The van der Waals surface area contributed by atoms with Crippen LogP contribution in [0.5, 0.6) is 0 Å². The summed E-state index contributed by atoms with van der Waals surface area (Å²) in [5.41, 5.74) is 1.12. The van der Waals surface area contributed by atoms with Gasteiger partial charge in [0.05, 0.1) is 6.54 Å². The molecule has 0 saturated carbocycles. The van der Waals surface area contributed by atoms with Gasteiger partial charge in [-0.25, -0.2) is 4.57 Å². The molecule has 0 atom stereocenters. The summed E-state index contributed by atoms with van der Waals surface area (Å²) in [6.07, 6.45) is 4.93. The van der Waals surface area contributed by atoms with E-state index < -0.39 is 0 Å². The molecule has 0 radical (unpaired) electrons. The molecule has 2 rings (SSSR count). The lowest BCUT2D eigenvalue weighted by atomic mass is 10.2. The number of nitrogens with zero attached hydrogens (tertiary/aromatic N) is 3. The monoisotopic (exact) mass is 271 g/mol. The van der Waals surface area contributed by atoms with Crippen molar-refractivity contribution in [3.8, 4) is 0 Å². The van der Waals surface area contributed by atoms with Crippen molar-refractivity contribution >= 4 is 11.6 Å². The van der Waals surface area contributed by atoms with Crippen LogP contribution in [0.4, 0.5) is 0 Å². The lowest BCUT2D eigenvalue weighted by Crippen LogP contribution is -3.00. The van der Waals surface area contributed by atoms with E-state index in [2.05, 4.69) is 12.0 Å². The summed E-state index contributed by atoms with van der Waals surface area (Å²) in [5.74, 6) is 0. The van der Waals surface area contributed by atoms with Crippen LogP contribution in [-0.4, -0.2) is 9.78 Å². The van der Waals surface area contributed by atoms with Gasteiger partial charge in [-0.15, -0.1) is 4.68 Å². The second-order valence-electron chi connectivity index (χ2n) is 3.77. The Morgan fingerprint density at radius 2 is 2.12 bits per heavy atom. The SMILES string of the molecule is CCCn1c[n+](Cc2ccccc2Cl)cn1.[Cl-]. The molecule has 17 heavy (non-hydrogen) atoms. The maximum Gasteiger partial charge on any atom is 0.265 e. The molecule has 0 amide bonds. The number of rotatable bonds is 4. The zero-order valence-corrected chi connectivity index (χ0v) is 11.2. The predicted molar refractivity (Wildman–Crippen MR) is 63.3 cm³/mol. The highest BCUT2D eigenvalue weighted by atomic mass is 35.5. The molecular formula is C12H15Cl2N3. The highest BCUT2D eigenvalue weighted by molar-refractivity contribution is 6.31. The van der Waals surface area contributed by atoms with Crippen molar-refractivity contribution in [1.82, 2.24) is 9.78 Å². The molecule has 1 heterocycles. The van der Waals surface area contributed by atoms with Gasteiger partial charge >= 0.3 is 0 Å². The van der Waals surface area contributed by atoms with E-state index in [4.69, 9.17) is 11.6 Å². The second-order valence-corrected chi connectivity index (χ2v) is 4.18. The minimum atomic E-state index is 0. The standard InChI is InChI=1S/C12H15ClN3.ClH/c1-2-7-16-10-15(9-14-16)8-11-5-3-4-6-12(11)13;/h3-6,9-10H,2,7-8H2,1H3;1H/q+1;/p-1. The van der Waals surface area contributed by atoms with E-state index >= 15 is 0 Å². The molecule has 3 nitrogen and oxygen atoms in total. The fourth-order valence-electron chi connectivity index (χ4n) is 1.61. The van der Waals surface area contributed by atoms with Crippen LogP contribution in [0.1, 0.15) is 18.9 Å². The zero-order valence-electron chi connectivity index (χ0n) is 9.68. The summed E-state index contributed by atoms with van der Waals surface area (Å²) >= 11 is 6.10. The van der Waals surface area contributed by atoms with Crippen LogP contribution in [0, 0.1) is 0 Å². The Hall–Kier alpha value is -1.06. The first-order chi connectivity index (χ1) is 7.79. The normalized spacial score (nSPS) is 10.0. The molecule has 0 N–H and O–H groups in total. The molecule has 0 aliphatic carbocycles. The molecule has 2 aromatic rings. The number of benzene rings is 1. The highest BCUT2D eigenvalue weighted by Crippen LogP contribution is 2.13. The lowest BCUT2D eigenvalue weighted by molar-refractivity contribution is -0.689. The topological polar surface area (TPSA) is 21.7 Å². The van der Waals surface area contributed by atoms with E-state index in [1.165, 1.54) is 0 Å². The summed E-state index contributed by atoms with van der Waals surface area (Å²) in [6, 6.07) is 7.88. The smallest absolute Gasteiger partial charge is 0.265 e. The van der Waals surface area contributed by atoms with Crippen LogP contribution < -0.4 is 17.0 Å². The third-order valence-corrected chi connectivity index (χ3v) is 2.76. The van der Waals surface area contributed by atoms with Crippen molar-refractivity contribution < 1.29 is 17.0 Å². The minimum absolute atomic E-state index is 0. The molecule has 0 aliphatic heterocycles. The quantitative estimate of drug-likeness (QED) is 0.674. The predicted octanol–water partition coefficient (Wildman–Crippen LogP) is -0.714. The lowest BCUT2D eigenvalue weighted by Gasteiger charge is -2.00. The first-order valence-electron chi connectivity index (χ1n) is 5.44. The van der Waals surface area contributed by atoms with Gasteiger partial charge in [-0.1, -0.05) is 36.7 Å². The van der Waals surface area contributed by atoms with Crippen LogP contribution >= 0.6 is 11.6 Å². The van der Waals surface area contributed by atoms with Gasteiger partial charge in [0.2, 0.25) is 6.33 Å². The molecular weight excluding hydrogens is 257 g/mol. The van der Waals surface area contributed by atoms with Gasteiger partial charge in [0.1, 0.15) is 6.54 Å². The van der Waals surface area contributed by atoms with E-state index in [0.717, 1.165) is 30.1 Å². The van der Waals surface area contributed by atoms with E-state index in [0.29, 0.717) is 0 Å². The largest absolute Gasteiger partial charge is 1.00 e. The number of hydrogen-bond acceptors (Lipinski definition) is 1. The molecule has 5 heteroatoms. The van der Waals surface area contributed by atoms with Crippen molar-refractivity contribution in [2.45, 2.75) is 26.4 Å². The molecule has 1 aromatic heterocycles. The Bertz CT molecular complexity index is 468. The van der Waals surface area contributed by atoms with Crippen molar-refractivity contribution in [2.24, 2.45) is 0 Å². The first-order valence-corrected chi connectivity index (χ1v) is 5.82. The summed E-state index contributed by atoms with van der Waals surface area (Å²) in [6.45, 7) is 3.86. The average molecular weight is 272 g/mol. The first kappa shape index (κ1) is 14.0. The number of aromatic nitrogens is 3. The maximum atomic E-state index is 6.10. The number of aryl methyl sites for hydroxylation is 1. The van der Waals surface area contributed by atoms with Crippen LogP contribution in [0.15, 0.2) is 36.9 Å². The zero-order chi connectivity index (χ0) is 11.4. The molecule has 92 valence electrons. The van der Waals surface area contributed by atoms with Gasteiger partial charge in [-0.05, 0) is 12.5 Å². The van der Waals surface area contributed by atoms with E-state index in [9.17, 15) is 0 Å². The fourth-order valence-corrected chi connectivity index (χ4v) is 1.81. The van der Waals surface area contributed by atoms with E-state index in [1.807, 2.05) is 46.2 Å². The summed E-state index contributed by atoms with van der Waals surface area (Å²) in [5, 5.41) is 5.07. The van der Waals surface area contributed by atoms with Gasteiger partial charge in [0.15, 0.2) is 0 Å². The van der Waals surface area contributed by atoms with Gasteiger partial charge in [0.25, 0.3) is 6.33 Å². The molecule has 0 saturated heterocycles. The molecule has 0 bridgehead atoms. The summed E-state index contributed by atoms with van der Waals surface area (Å²) in [7, 11) is 0. The Balaban J connectivity index is 0.00000144. The van der Waals surface area contributed by atoms with Crippen LogP contribution in [0.3, 0.4) is 0 Å². The fraction of sp³-hybridized carbons (Fsp3) is 0.333. The van der Waals surface area contributed by atoms with Crippen LogP contribution in [0.2, 0.25) is 5.02 Å². The average Bonchev–Trinajstić information content (AvgIpc) is 2.70. The van der Waals surface area contributed by atoms with Crippen LogP contribution in [0.25, 0.3) is 0 Å². The van der Waals surface area contributed by atoms with Crippen molar-refractivity contribution in [3.05, 3.63) is 47.5 Å². The van der Waals surface area contributed by atoms with Crippen molar-refractivity contribution in [2.75, 3.05) is 0 Å². The van der Waals surface area contributed by atoms with E-state index in [-0.39, 0.29) is 12.4 Å². The molecule has 0 spiro atoms. The molecule has 0 aliphatic rings. The maximum absolute atomic E-state index is 6.10. The minimum Gasteiger partial charge on any atom is -1.00 e.